The maximum Gasteiger partial charge on any atom is 0.317 e. The van der Waals surface area contributed by atoms with Gasteiger partial charge < -0.3 is 27.3 Å². The van der Waals surface area contributed by atoms with Gasteiger partial charge in [-0.25, -0.2) is 4.79 Å². The van der Waals surface area contributed by atoms with E-state index in [1.54, 1.807) is 4.90 Å². The molecule has 1 aliphatic heterocycles. The number of carbonyl (C=O) groups is 2. The second kappa shape index (κ2) is 12.0. The van der Waals surface area contributed by atoms with Crippen molar-refractivity contribution in [3.8, 4) is 0 Å². The van der Waals surface area contributed by atoms with E-state index < -0.39 is 6.04 Å². The Morgan fingerprint density at radius 2 is 1.77 bits per heavy atom. The van der Waals surface area contributed by atoms with E-state index >= 15 is 0 Å². The SMILES string of the molecule is [CH2-]C(=O)[C@H](CC1CCCCC1)NC(=O)N1CC[N-]CC1.[W].[Y]. The number of nitrogens with zero attached hydrogens (tertiary/aromatic N) is 2. The zero-order valence-corrected chi connectivity index (χ0v) is 18.9. The molecular weight excluding hydrogens is 527 g/mol. The van der Waals surface area contributed by atoms with Crippen molar-refractivity contribution in [2.75, 3.05) is 26.2 Å². The third-order valence-corrected chi connectivity index (χ3v) is 4.32. The molecular formula is C15H25N3O2WY-2. The van der Waals surface area contributed by atoms with Gasteiger partial charge in [0, 0.05) is 72.6 Å². The maximum absolute atomic E-state index is 12.1. The predicted molar refractivity (Wildman–Crippen MR) is 78.5 cm³/mol. The molecule has 1 N–H and O–H groups in total. The van der Waals surface area contributed by atoms with E-state index in [1.165, 1.54) is 32.1 Å². The summed E-state index contributed by atoms with van der Waals surface area (Å²) >= 11 is 0. The first-order chi connectivity index (χ1) is 9.66. The zero-order chi connectivity index (χ0) is 14.4. The molecule has 0 aromatic rings. The Kier molecular flexibility index (Phi) is 12.3. The third-order valence-electron chi connectivity index (χ3n) is 4.32. The first kappa shape index (κ1) is 22.6. The quantitative estimate of drug-likeness (QED) is 0.544. The van der Waals surface area contributed by atoms with E-state index in [0.717, 1.165) is 6.42 Å². The zero-order valence-electron chi connectivity index (χ0n) is 13.1. The summed E-state index contributed by atoms with van der Waals surface area (Å²) in [7, 11) is 0. The van der Waals surface area contributed by atoms with E-state index in [1.807, 2.05) is 0 Å². The summed E-state index contributed by atoms with van der Waals surface area (Å²) in [6.07, 6.45) is 6.86. The van der Waals surface area contributed by atoms with Crippen LogP contribution in [0.5, 0.6) is 0 Å². The number of ketones is 1. The van der Waals surface area contributed by atoms with Crippen LogP contribution in [0.15, 0.2) is 0 Å². The first-order valence-electron chi connectivity index (χ1n) is 7.71. The van der Waals surface area contributed by atoms with Crippen molar-refractivity contribution in [2.45, 2.75) is 44.6 Å². The number of carbonyl (C=O) groups excluding carboxylic acids is 2. The molecule has 7 heteroatoms. The van der Waals surface area contributed by atoms with Gasteiger partial charge in [-0.05, 0) is 12.3 Å². The molecule has 2 aliphatic rings. The Morgan fingerprint density at radius 3 is 2.32 bits per heavy atom. The normalized spacial score (nSPS) is 20.3. The fourth-order valence-electron chi connectivity index (χ4n) is 3.08. The van der Waals surface area contributed by atoms with Gasteiger partial charge in [0.1, 0.15) is 0 Å². The summed E-state index contributed by atoms with van der Waals surface area (Å²) in [5.74, 6) is 0.377. The summed E-state index contributed by atoms with van der Waals surface area (Å²) in [5.41, 5.74) is 0. The Balaban J connectivity index is 0.00000220. The van der Waals surface area contributed by atoms with Crippen molar-refractivity contribution in [3.05, 3.63) is 12.2 Å². The number of amides is 2. The number of nitrogens with one attached hydrogen (secondary N) is 1. The molecule has 2 rings (SSSR count). The van der Waals surface area contributed by atoms with Crippen molar-refractivity contribution in [2.24, 2.45) is 5.92 Å². The van der Waals surface area contributed by atoms with Crippen molar-refractivity contribution in [1.82, 2.24) is 10.2 Å². The van der Waals surface area contributed by atoms with Gasteiger partial charge in [-0.3, -0.25) is 0 Å². The minimum atomic E-state index is -0.426. The molecule has 5 nitrogen and oxygen atoms in total. The summed E-state index contributed by atoms with van der Waals surface area (Å²) < 4.78 is 0. The van der Waals surface area contributed by atoms with E-state index in [9.17, 15) is 9.59 Å². The van der Waals surface area contributed by atoms with Crippen LogP contribution in [0.1, 0.15) is 38.5 Å². The van der Waals surface area contributed by atoms with E-state index in [2.05, 4.69) is 17.6 Å². The molecule has 1 heterocycles. The number of rotatable bonds is 4. The van der Waals surface area contributed by atoms with Crippen LogP contribution >= 0.6 is 0 Å². The van der Waals surface area contributed by atoms with Crippen LogP contribution < -0.4 is 5.32 Å². The third kappa shape index (κ3) is 7.42. The molecule has 0 aromatic carbocycles. The second-order valence-electron chi connectivity index (χ2n) is 5.87. The van der Waals surface area contributed by atoms with Crippen LogP contribution in [0.3, 0.4) is 0 Å². The van der Waals surface area contributed by atoms with Gasteiger partial charge in [0.05, 0.1) is 6.04 Å². The van der Waals surface area contributed by atoms with Crippen LogP contribution in [0.25, 0.3) is 5.32 Å². The molecule has 0 spiro atoms. The summed E-state index contributed by atoms with van der Waals surface area (Å²) in [4.78, 5) is 25.6. The second-order valence-corrected chi connectivity index (χ2v) is 5.87. The first-order valence-corrected chi connectivity index (χ1v) is 7.71. The number of hydrogen-bond acceptors (Lipinski definition) is 2. The topological polar surface area (TPSA) is 63.5 Å². The van der Waals surface area contributed by atoms with Crippen LogP contribution in [0.4, 0.5) is 4.79 Å². The summed E-state index contributed by atoms with van der Waals surface area (Å²) in [6, 6.07) is -0.567. The minimum absolute atomic E-state index is 0. The Morgan fingerprint density at radius 1 is 1.18 bits per heavy atom. The van der Waals surface area contributed by atoms with Crippen molar-refractivity contribution < 1.29 is 63.4 Å². The monoisotopic (exact) mass is 552 g/mol. The van der Waals surface area contributed by atoms with E-state index in [4.69, 9.17) is 0 Å². The van der Waals surface area contributed by atoms with Gasteiger partial charge in [0.15, 0.2) is 0 Å². The molecule has 1 aliphatic carbocycles. The molecule has 2 fully saturated rings. The molecule has 0 unspecified atom stereocenters. The Labute approximate surface area is 173 Å². The molecule has 0 aromatic heterocycles. The maximum atomic E-state index is 12.1. The van der Waals surface area contributed by atoms with E-state index in [0.29, 0.717) is 32.1 Å². The number of hydrogen-bond donors (Lipinski definition) is 1. The minimum Gasteiger partial charge on any atom is -0.659 e. The van der Waals surface area contributed by atoms with Crippen LogP contribution in [-0.2, 0) is 58.6 Å². The van der Waals surface area contributed by atoms with Gasteiger partial charge in [0.25, 0.3) is 0 Å². The molecule has 123 valence electrons. The summed E-state index contributed by atoms with van der Waals surface area (Å²) in [5, 5.41) is 7.08. The van der Waals surface area contributed by atoms with Gasteiger partial charge in [-0.15, -0.1) is 13.1 Å². The predicted octanol–water partition coefficient (Wildman–Crippen LogP) is 2.12. The Bertz CT molecular complexity index is 346. The van der Waals surface area contributed by atoms with E-state index in [-0.39, 0.29) is 65.6 Å². The standard InChI is InChI=1S/C15H25N3O2.W.Y/c1-12(19)14(11-13-5-3-2-4-6-13)17-15(20)18-9-7-16-8-10-18;;/h13-14H,1-11H2,(H,17,20);;/q-2;;/t14-;;/m0../s1. The number of Topliss-reactive ketones (excluding diaryl/α,β-unsaturated/α-hetero) is 1. The molecule has 2 amide bonds. The van der Waals surface area contributed by atoms with Gasteiger partial charge >= 0.3 is 6.03 Å². The molecule has 0 bridgehead atoms. The average molecular weight is 552 g/mol. The fraction of sp³-hybridized carbons (Fsp3) is 0.800. The number of urea groups is 1. The molecule has 1 saturated carbocycles. The van der Waals surface area contributed by atoms with Gasteiger partial charge in [-0.2, -0.15) is 0 Å². The summed E-state index contributed by atoms with van der Waals surface area (Å²) in [6.45, 7) is 6.19. The average Bonchev–Trinajstić information content (AvgIpc) is 2.48. The van der Waals surface area contributed by atoms with Crippen molar-refractivity contribution in [1.29, 1.82) is 0 Å². The van der Waals surface area contributed by atoms with Crippen LogP contribution in [0.2, 0.25) is 0 Å². The molecule has 1 atom stereocenters. The molecule has 1 saturated heterocycles. The fourth-order valence-corrected chi connectivity index (χ4v) is 3.08. The van der Waals surface area contributed by atoms with Crippen molar-refractivity contribution >= 4 is 11.8 Å². The van der Waals surface area contributed by atoms with Crippen molar-refractivity contribution in [3.63, 3.8) is 0 Å². The van der Waals surface area contributed by atoms with Crippen LogP contribution in [-0.4, -0.2) is 48.9 Å². The Hall–Kier alpha value is 0.562. The molecule has 1 radical (unpaired) electrons. The number of piperazine rings is 1. The van der Waals surface area contributed by atoms with Gasteiger partial charge in [-0.1, -0.05) is 32.1 Å². The largest absolute Gasteiger partial charge is 0.659 e. The van der Waals surface area contributed by atoms with Gasteiger partial charge in [0.2, 0.25) is 0 Å². The molecule has 22 heavy (non-hydrogen) atoms. The smallest absolute Gasteiger partial charge is 0.317 e. The van der Waals surface area contributed by atoms with Crippen LogP contribution in [0, 0.1) is 12.8 Å².